The van der Waals surface area contributed by atoms with Crippen LogP contribution in [0, 0.1) is 6.92 Å². The fourth-order valence-corrected chi connectivity index (χ4v) is 4.37. The van der Waals surface area contributed by atoms with Gasteiger partial charge in [0, 0.05) is 12.1 Å². The van der Waals surface area contributed by atoms with Crippen LogP contribution in [0.1, 0.15) is 37.8 Å². The molecule has 0 aliphatic carbocycles. The van der Waals surface area contributed by atoms with Crippen LogP contribution in [0.4, 0.5) is 0 Å². The number of nitrogens with one attached hydrogen (secondary N) is 1. The quantitative estimate of drug-likeness (QED) is 0.908. The maximum absolute atomic E-state index is 12.3. The van der Waals surface area contributed by atoms with Crippen LogP contribution in [0.25, 0.3) is 0 Å². The zero-order valence-corrected chi connectivity index (χ0v) is 14.0. The van der Waals surface area contributed by atoms with E-state index in [1.165, 1.54) is 0 Å². The van der Waals surface area contributed by atoms with Crippen LogP contribution in [0.3, 0.4) is 0 Å². The van der Waals surface area contributed by atoms with Crippen molar-refractivity contribution in [1.82, 2.24) is 9.62 Å². The Labute approximate surface area is 128 Å². The van der Waals surface area contributed by atoms with Crippen molar-refractivity contribution >= 4 is 10.0 Å². The second-order valence-electron chi connectivity index (χ2n) is 6.21. The van der Waals surface area contributed by atoms with E-state index in [0.717, 1.165) is 37.1 Å². The molecule has 0 bridgehead atoms. The van der Waals surface area contributed by atoms with Crippen molar-refractivity contribution in [3.8, 4) is 0 Å². The van der Waals surface area contributed by atoms with Crippen molar-refractivity contribution in [2.75, 3.05) is 13.1 Å². The Kier molecular flexibility index (Phi) is 5.41. The monoisotopic (exact) mass is 310 g/mol. The first kappa shape index (κ1) is 16.5. The number of likely N-dealkylation sites (tertiary alicyclic amines) is 1. The van der Waals surface area contributed by atoms with Gasteiger partial charge in [-0.15, -0.1) is 0 Å². The number of hydrogen-bond donors (Lipinski definition) is 1. The van der Waals surface area contributed by atoms with Gasteiger partial charge in [0.15, 0.2) is 0 Å². The number of sulfonamides is 1. The lowest BCUT2D eigenvalue weighted by atomic mass is 10.1. The predicted molar refractivity (Wildman–Crippen MR) is 86.7 cm³/mol. The van der Waals surface area contributed by atoms with E-state index >= 15 is 0 Å². The van der Waals surface area contributed by atoms with Gasteiger partial charge in [-0.1, -0.05) is 24.3 Å². The SMILES string of the molecule is Cc1ccccc1CS(=O)(=O)NC1CCN(C(C)C)CC1. The van der Waals surface area contributed by atoms with E-state index in [1.54, 1.807) is 0 Å². The van der Waals surface area contributed by atoms with Crippen LogP contribution in [0.5, 0.6) is 0 Å². The van der Waals surface area contributed by atoms with Gasteiger partial charge in [-0.25, -0.2) is 13.1 Å². The topological polar surface area (TPSA) is 49.4 Å². The number of piperidine rings is 1. The average molecular weight is 310 g/mol. The molecule has 1 aliphatic heterocycles. The number of nitrogens with zero attached hydrogens (tertiary/aromatic N) is 1. The number of benzene rings is 1. The minimum Gasteiger partial charge on any atom is -0.301 e. The maximum Gasteiger partial charge on any atom is 0.216 e. The summed E-state index contributed by atoms with van der Waals surface area (Å²) in [5.74, 6) is 0.0735. The van der Waals surface area contributed by atoms with Gasteiger partial charge in [0.2, 0.25) is 10.0 Å². The molecule has 118 valence electrons. The van der Waals surface area contributed by atoms with Gasteiger partial charge < -0.3 is 4.90 Å². The third-order valence-corrected chi connectivity index (χ3v) is 5.60. The maximum atomic E-state index is 12.3. The number of rotatable bonds is 5. The zero-order chi connectivity index (χ0) is 15.5. The van der Waals surface area contributed by atoms with Crippen molar-refractivity contribution in [1.29, 1.82) is 0 Å². The van der Waals surface area contributed by atoms with Crippen molar-refractivity contribution in [2.24, 2.45) is 0 Å². The zero-order valence-electron chi connectivity index (χ0n) is 13.2. The van der Waals surface area contributed by atoms with E-state index in [2.05, 4.69) is 23.5 Å². The molecule has 1 aliphatic rings. The fourth-order valence-electron chi connectivity index (χ4n) is 2.81. The normalized spacial score (nSPS) is 18.3. The molecular weight excluding hydrogens is 284 g/mol. The molecule has 1 heterocycles. The lowest BCUT2D eigenvalue weighted by molar-refractivity contribution is 0.168. The van der Waals surface area contributed by atoms with Gasteiger partial charge >= 0.3 is 0 Å². The highest BCUT2D eigenvalue weighted by Crippen LogP contribution is 2.16. The second-order valence-corrected chi connectivity index (χ2v) is 7.96. The van der Waals surface area contributed by atoms with E-state index in [9.17, 15) is 8.42 Å². The fraction of sp³-hybridized carbons (Fsp3) is 0.625. The Morgan fingerprint density at radius 3 is 2.43 bits per heavy atom. The molecule has 0 atom stereocenters. The molecule has 0 saturated carbocycles. The highest BCUT2D eigenvalue weighted by atomic mass is 32.2. The molecule has 1 aromatic carbocycles. The molecule has 0 unspecified atom stereocenters. The summed E-state index contributed by atoms with van der Waals surface area (Å²) in [5.41, 5.74) is 1.90. The summed E-state index contributed by atoms with van der Waals surface area (Å²) < 4.78 is 27.5. The van der Waals surface area contributed by atoms with E-state index in [-0.39, 0.29) is 11.8 Å². The molecule has 4 nitrogen and oxygen atoms in total. The lowest BCUT2D eigenvalue weighted by Gasteiger charge is -2.34. The van der Waals surface area contributed by atoms with Crippen molar-refractivity contribution in [3.05, 3.63) is 35.4 Å². The van der Waals surface area contributed by atoms with Crippen molar-refractivity contribution in [2.45, 2.75) is 51.4 Å². The first-order valence-electron chi connectivity index (χ1n) is 7.66. The Morgan fingerprint density at radius 2 is 1.86 bits per heavy atom. The molecule has 21 heavy (non-hydrogen) atoms. The van der Waals surface area contributed by atoms with E-state index in [0.29, 0.717) is 6.04 Å². The standard InChI is InChI=1S/C16H26N2O2S/c1-13(2)18-10-8-16(9-11-18)17-21(19,20)12-15-7-5-4-6-14(15)3/h4-7,13,16-17H,8-12H2,1-3H3. The van der Waals surface area contributed by atoms with Gasteiger partial charge in [0.1, 0.15) is 0 Å². The molecule has 1 fully saturated rings. The summed E-state index contributed by atoms with van der Waals surface area (Å²) in [6.45, 7) is 8.25. The van der Waals surface area contributed by atoms with Crippen LogP contribution in [0.15, 0.2) is 24.3 Å². The van der Waals surface area contributed by atoms with Gasteiger partial charge in [-0.2, -0.15) is 0 Å². The van der Waals surface area contributed by atoms with Crippen LogP contribution in [-0.4, -0.2) is 38.5 Å². The first-order valence-corrected chi connectivity index (χ1v) is 9.31. The second kappa shape index (κ2) is 6.90. The van der Waals surface area contributed by atoms with Gasteiger partial charge in [-0.05, 0) is 57.8 Å². The summed E-state index contributed by atoms with van der Waals surface area (Å²) in [7, 11) is -3.26. The Hall–Kier alpha value is -0.910. The Morgan fingerprint density at radius 1 is 1.24 bits per heavy atom. The molecule has 0 amide bonds. The van der Waals surface area contributed by atoms with Crippen LogP contribution >= 0.6 is 0 Å². The summed E-state index contributed by atoms with van der Waals surface area (Å²) in [6.07, 6.45) is 1.79. The summed E-state index contributed by atoms with van der Waals surface area (Å²) in [6, 6.07) is 8.27. The van der Waals surface area contributed by atoms with E-state index in [1.807, 2.05) is 31.2 Å². The third-order valence-electron chi connectivity index (χ3n) is 4.21. The van der Waals surface area contributed by atoms with Crippen molar-refractivity contribution in [3.63, 3.8) is 0 Å². The average Bonchev–Trinajstić information content (AvgIpc) is 2.41. The Balaban J connectivity index is 1.92. The highest BCUT2D eigenvalue weighted by Gasteiger charge is 2.24. The first-order chi connectivity index (χ1) is 9.87. The molecule has 0 radical (unpaired) electrons. The summed E-state index contributed by atoms with van der Waals surface area (Å²) in [4.78, 5) is 2.39. The van der Waals surface area contributed by atoms with Crippen LogP contribution < -0.4 is 4.72 Å². The smallest absolute Gasteiger partial charge is 0.216 e. The minimum absolute atomic E-state index is 0.0735. The van der Waals surface area contributed by atoms with Gasteiger partial charge in [-0.3, -0.25) is 0 Å². The van der Waals surface area contributed by atoms with Gasteiger partial charge in [0.05, 0.1) is 5.75 Å². The summed E-state index contributed by atoms with van der Waals surface area (Å²) in [5, 5.41) is 0. The van der Waals surface area contributed by atoms with Gasteiger partial charge in [0.25, 0.3) is 0 Å². The molecule has 2 rings (SSSR count). The molecule has 1 aromatic rings. The predicted octanol–water partition coefficient (Wildman–Crippen LogP) is 2.29. The third kappa shape index (κ3) is 4.80. The largest absolute Gasteiger partial charge is 0.301 e. The molecule has 1 N–H and O–H groups in total. The van der Waals surface area contributed by atoms with Crippen molar-refractivity contribution < 1.29 is 8.42 Å². The van der Waals surface area contributed by atoms with E-state index in [4.69, 9.17) is 0 Å². The molecular formula is C16H26N2O2S. The number of hydrogen-bond acceptors (Lipinski definition) is 3. The number of aryl methyl sites for hydroxylation is 1. The molecule has 1 saturated heterocycles. The molecule has 0 spiro atoms. The highest BCUT2D eigenvalue weighted by molar-refractivity contribution is 7.88. The summed E-state index contributed by atoms with van der Waals surface area (Å²) >= 11 is 0. The Bertz CT molecular complexity index is 561. The lowest BCUT2D eigenvalue weighted by Crippen LogP contribution is -2.46. The minimum atomic E-state index is -3.26. The van der Waals surface area contributed by atoms with Crippen LogP contribution in [0.2, 0.25) is 0 Å². The van der Waals surface area contributed by atoms with E-state index < -0.39 is 10.0 Å². The molecule has 5 heteroatoms. The van der Waals surface area contributed by atoms with Crippen LogP contribution in [-0.2, 0) is 15.8 Å². The molecule has 0 aromatic heterocycles.